The molecule has 0 amide bonds. The van der Waals surface area contributed by atoms with Gasteiger partial charge in [-0.1, -0.05) is 55.1 Å². The zero-order chi connectivity index (χ0) is 15.3. The lowest BCUT2D eigenvalue weighted by Crippen LogP contribution is -2.08. The first kappa shape index (κ1) is 17.8. The van der Waals surface area contributed by atoms with Crippen molar-refractivity contribution >= 4 is 60.7 Å². The molecule has 0 aliphatic carbocycles. The second-order valence-corrected chi connectivity index (χ2v) is 6.69. The van der Waals surface area contributed by atoms with E-state index in [1.807, 2.05) is 37.2 Å². The molecule has 0 atom stereocenters. The standard InChI is InChI=1S/C8H9BrClN.C6H3BrClF/c1-11(2)8-5-6(9)3-4-7(8)10;7-4-1-2-5(8)6(9)3-4/h3-5H,1-2H3;1-3H. The van der Waals surface area contributed by atoms with Crippen LogP contribution in [-0.2, 0) is 0 Å². The summed E-state index contributed by atoms with van der Waals surface area (Å²) in [4.78, 5) is 1.98. The summed E-state index contributed by atoms with van der Waals surface area (Å²) in [5, 5.41) is 0.927. The molecule has 0 unspecified atom stereocenters. The molecule has 0 fully saturated rings. The number of hydrogen-bond donors (Lipinski definition) is 0. The second kappa shape index (κ2) is 8.23. The van der Waals surface area contributed by atoms with E-state index < -0.39 is 5.82 Å². The number of rotatable bonds is 1. The van der Waals surface area contributed by atoms with Gasteiger partial charge in [0.05, 0.1) is 15.7 Å². The Labute approximate surface area is 144 Å². The Morgan fingerprint density at radius 3 is 1.80 bits per heavy atom. The van der Waals surface area contributed by atoms with Gasteiger partial charge in [-0.2, -0.15) is 0 Å². The molecule has 0 aliphatic heterocycles. The maximum absolute atomic E-state index is 12.4. The van der Waals surface area contributed by atoms with Gasteiger partial charge < -0.3 is 4.90 Å². The first-order valence-electron chi connectivity index (χ1n) is 5.54. The third-order valence-electron chi connectivity index (χ3n) is 2.27. The van der Waals surface area contributed by atoms with E-state index in [1.165, 1.54) is 12.1 Å². The molecule has 0 spiro atoms. The first-order valence-corrected chi connectivity index (χ1v) is 7.88. The van der Waals surface area contributed by atoms with Gasteiger partial charge in [0.15, 0.2) is 0 Å². The molecule has 0 saturated heterocycles. The minimum Gasteiger partial charge on any atom is -0.376 e. The van der Waals surface area contributed by atoms with Crippen molar-refractivity contribution in [1.29, 1.82) is 0 Å². The average Bonchev–Trinajstić information content (AvgIpc) is 2.38. The van der Waals surface area contributed by atoms with Crippen LogP contribution in [0, 0.1) is 5.82 Å². The van der Waals surface area contributed by atoms with E-state index in [-0.39, 0.29) is 5.02 Å². The topological polar surface area (TPSA) is 3.24 Å². The van der Waals surface area contributed by atoms with E-state index in [0.29, 0.717) is 4.47 Å². The molecule has 0 bridgehead atoms. The third kappa shape index (κ3) is 5.60. The van der Waals surface area contributed by atoms with Crippen molar-refractivity contribution in [3.8, 4) is 0 Å². The lowest BCUT2D eigenvalue weighted by molar-refractivity contribution is 0.627. The van der Waals surface area contributed by atoms with Crippen LogP contribution < -0.4 is 4.90 Å². The number of nitrogens with zero attached hydrogens (tertiary/aromatic N) is 1. The van der Waals surface area contributed by atoms with Crippen molar-refractivity contribution in [3.63, 3.8) is 0 Å². The highest BCUT2D eigenvalue weighted by molar-refractivity contribution is 9.10. The van der Waals surface area contributed by atoms with Gasteiger partial charge in [-0.3, -0.25) is 0 Å². The number of anilines is 1. The molecule has 0 aromatic heterocycles. The first-order chi connectivity index (χ1) is 9.31. The fourth-order valence-electron chi connectivity index (χ4n) is 1.30. The Bertz CT molecular complexity index is 591. The van der Waals surface area contributed by atoms with E-state index in [1.54, 1.807) is 6.07 Å². The largest absolute Gasteiger partial charge is 0.376 e. The van der Waals surface area contributed by atoms with Crippen molar-refractivity contribution in [2.45, 2.75) is 0 Å². The summed E-state index contributed by atoms with van der Waals surface area (Å²) in [6, 6.07) is 10.3. The quantitative estimate of drug-likeness (QED) is 0.460. The molecule has 0 heterocycles. The van der Waals surface area contributed by atoms with E-state index >= 15 is 0 Å². The highest BCUT2D eigenvalue weighted by Gasteiger charge is 2.01. The fourth-order valence-corrected chi connectivity index (χ4v) is 2.39. The third-order valence-corrected chi connectivity index (χ3v) is 3.88. The molecule has 0 saturated carbocycles. The normalized spacial score (nSPS) is 9.75. The van der Waals surface area contributed by atoms with Gasteiger partial charge in [0, 0.05) is 23.0 Å². The molecule has 0 aliphatic rings. The van der Waals surface area contributed by atoms with Gasteiger partial charge >= 0.3 is 0 Å². The number of benzene rings is 2. The summed E-state index contributed by atoms with van der Waals surface area (Å²) in [6.45, 7) is 0. The highest BCUT2D eigenvalue weighted by atomic mass is 79.9. The molecular weight excluding hydrogens is 432 g/mol. The maximum Gasteiger partial charge on any atom is 0.142 e. The predicted molar refractivity (Wildman–Crippen MR) is 92.6 cm³/mol. The molecule has 108 valence electrons. The molecule has 0 N–H and O–H groups in total. The minimum atomic E-state index is -0.397. The molecular formula is C14H12Br2Cl2FN. The summed E-state index contributed by atoms with van der Waals surface area (Å²) >= 11 is 17.8. The Kier molecular flexibility index (Phi) is 7.30. The van der Waals surface area contributed by atoms with Crippen LogP contribution >= 0.6 is 55.1 Å². The van der Waals surface area contributed by atoms with Crippen molar-refractivity contribution in [3.05, 3.63) is 61.2 Å². The molecule has 1 nitrogen and oxygen atoms in total. The van der Waals surface area contributed by atoms with Crippen LogP contribution in [-0.4, -0.2) is 14.1 Å². The van der Waals surface area contributed by atoms with Crippen molar-refractivity contribution < 1.29 is 4.39 Å². The van der Waals surface area contributed by atoms with Crippen LogP contribution in [0.4, 0.5) is 10.1 Å². The number of halogens is 5. The highest BCUT2D eigenvalue weighted by Crippen LogP contribution is 2.27. The van der Waals surface area contributed by atoms with E-state index in [2.05, 4.69) is 31.9 Å². The van der Waals surface area contributed by atoms with Crippen molar-refractivity contribution in [2.24, 2.45) is 0 Å². The van der Waals surface area contributed by atoms with Gasteiger partial charge in [-0.25, -0.2) is 4.39 Å². The van der Waals surface area contributed by atoms with Crippen LogP contribution in [0.3, 0.4) is 0 Å². The molecule has 6 heteroatoms. The van der Waals surface area contributed by atoms with E-state index in [4.69, 9.17) is 23.2 Å². The molecule has 20 heavy (non-hydrogen) atoms. The number of hydrogen-bond acceptors (Lipinski definition) is 1. The predicted octanol–water partition coefficient (Wildman–Crippen LogP) is 6.41. The van der Waals surface area contributed by atoms with Gasteiger partial charge in [0.2, 0.25) is 0 Å². The molecule has 0 radical (unpaired) electrons. The van der Waals surface area contributed by atoms with Crippen LogP contribution in [0.5, 0.6) is 0 Å². The fraction of sp³-hybridized carbons (Fsp3) is 0.143. The minimum absolute atomic E-state index is 0.151. The zero-order valence-corrected chi connectivity index (χ0v) is 15.5. The Morgan fingerprint density at radius 2 is 1.40 bits per heavy atom. The lowest BCUT2D eigenvalue weighted by Gasteiger charge is -2.14. The summed E-state index contributed by atoms with van der Waals surface area (Å²) < 4.78 is 14.2. The SMILES string of the molecule is CN(C)c1cc(Br)ccc1Cl.Fc1cc(Br)ccc1Cl. The van der Waals surface area contributed by atoms with Gasteiger partial charge in [0.25, 0.3) is 0 Å². The van der Waals surface area contributed by atoms with Crippen LogP contribution in [0.25, 0.3) is 0 Å². The maximum atomic E-state index is 12.4. The Morgan fingerprint density at radius 1 is 0.900 bits per heavy atom. The molecule has 2 aromatic rings. The smallest absolute Gasteiger partial charge is 0.142 e. The Balaban J connectivity index is 0.000000204. The van der Waals surface area contributed by atoms with Gasteiger partial charge in [-0.05, 0) is 36.4 Å². The summed E-state index contributed by atoms with van der Waals surface area (Å²) in [6.07, 6.45) is 0. The average molecular weight is 444 g/mol. The van der Waals surface area contributed by atoms with Crippen LogP contribution in [0.2, 0.25) is 10.0 Å². The monoisotopic (exact) mass is 441 g/mol. The Hall–Kier alpha value is -0.290. The van der Waals surface area contributed by atoms with Gasteiger partial charge in [0.1, 0.15) is 5.82 Å². The van der Waals surface area contributed by atoms with Crippen LogP contribution in [0.15, 0.2) is 45.3 Å². The molecule has 2 aromatic carbocycles. The second-order valence-electron chi connectivity index (χ2n) is 4.05. The summed E-state index contributed by atoms with van der Waals surface area (Å²) in [7, 11) is 3.93. The van der Waals surface area contributed by atoms with Crippen molar-refractivity contribution in [1.82, 2.24) is 0 Å². The van der Waals surface area contributed by atoms with E-state index in [0.717, 1.165) is 15.2 Å². The summed E-state index contributed by atoms with van der Waals surface area (Å²) in [5.41, 5.74) is 1.03. The molecule has 2 rings (SSSR count). The zero-order valence-electron chi connectivity index (χ0n) is 10.8. The van der Waals surface area contributed by atoms with E-state index in [9.17, 15) is 4.39 Å². The lowest BCUT2D eigenvalue weighted by atomic mass is 10.3. The van der Waals surface area contributed by atoms with Gasteiger partial charge in [-0.15, -0.1) is 0 Å². The van der Waals surface area contributed by atoms with Crippen LogP contribution in [0.1, 0.15) is 0 Å². The van der Waals surface area contributed by atoms with Crippen molar-refractivity contribution in [2.75, 3.05) is 19.0 Å². The summed E-state index contributed by atoms with van der Waals surface area (Å²) in [5.74, 6) is -0.397.